The van der Waals surface area contributed by atoms with Crippen LogP contribution in [-0.2, 0) is 0 Å². The molecule has 4 nitrogen and oxygen atoms in total. The van der Waals surface area contributed by atoms with Crippen LogP contribution in [0.15, 0.2) is 64.5 Å². The molecule has 6 heteroatoms. The largest absolute Gasteiger partial charge is 0.234 e. The topological polar surface area (TPSA) is 43.6 Å². The van der Waals surface area contributed by atoms with E-state index >= 15 is 0 Å². The molecule has 0 aliphatic rings. The van der Waals surface area contributed by atoms with Crippen LogP contribution < -0.4 is 0 Å². The lowest BCUT2D eigenvalue weighted by Crippen LogP contribution is -1.98. The molecule has 0 radical (unpaired) electrons. The van der Waals surface area contributed by atoms with Crippen LogP contribution in [0.25, 0.3) is 27.6 Å². The molecular formula is C18H13BrN4S. The van der Waals surface area contributed by atoms with Gasteiger partial charge in [0.05, 0.1) is 17.1 Å². The fraction of sp³-hybridized carbons (Fsp3) is 0.0556. The number of thiazole rings is 1. The first kappa shape index (κ1) is 15.2. The zero-order valence-corrected chi connectivity index (χ0v) is 15.3. The second-order valence-electron chi connectivity index (χ2n) is 5.32. The number of hydrogen-bond acceptors (Lipinski definition) is 4. The van der Waals surface area contributed by atoms with Crippen molar-refractivity contribution in [3.05, 3.63) is 70.1 Å². The first-order valence-corrected chi connectivity index (χ1v) is 9.09. The Balaban J connectivity index is 1.71. The van der Waals surface area contributed by atoms with Gasteiger partial charge >= 0.3 is 0 Å². The number of rotatable bonds is 3. The van der Waals surface area contributed by atoms with E-state index in [0.717, 1.165) is 37.8 Å². The zero-order valence-electron chi connectivity index (χ0n) is 12.8. The fourth-order valence-corrected chi connectivity index (χ4v) is 3.60. The number of benzene rings is 2. The van der Waals surface area contributed by atoms with Crippen LogP contribution in [0.1, 0.15) is 5.69 Å². The molecule has 0 bridgehead atoms. The standard InChI is InChI=1S/C18H13BrN4S/c1-12-17(21-22-23(12)15-5-3-2-4-6-15)18-20-16(11-24-18)13-7-9-14(19)10-8-13/h2-11H,1H3. The minimum absolute atomic E-state index is 0.826. The van der Waals surface area contributed by atoms with Gasteiger partial charge in [0.1, 0.15) is 10.7 Å². The number of halogens is 1. The third kappa shape index (κ3) is 2.79. The second-order valence-corrected chi connectivity index (χ2v) is 7.09. The molecule has 0 atom stereocenters. The van der Waals surface area contributed by atoms with E-state index in [-0.39, 0.29) is 0 Å². The Hall–Kier alpha value is -2.31. The summed E-state index contributed by atoms with van der Waals surface area (Å²) in [6.07, 6.45) is 0. The Labute approximate surface area is 151 Å². The summed E-state index contributed by atoms with van der Waals surface area (Å²) in [5.41, 5.74) is 4.86. The van der Waals surface area contributed by atoms with E-state index in [1.54, 1.807) is 11.3 Å². The summed E-state index contributed by atoms with van der Waals surface area (Å²) in [4.78, 5) is 4.74. The lowest BCUT2D eigenvalue weighted by atomic mass is 10.2. The van der Waals surface area contributed by atoms with Gasteiger partial charge < -0.3 is 0 Å². The maximum atomic E-state index is 4.74. The molecule has 0 amide bonds. The van der Waals surface area contributed by atoms with Crippen molar-refractivity contribution in [2.75, 3.05) is 0 Å². The predicted octanol–water partition coefficient (Wildman–Crippen LogP) is 5.13. The van der Waals surface area contributed by atoms with Gasteiger partial charge in [-0.15, -0.1) is 16.4 Å². The number of hydrogen-bond donors (Lipinski definition) is 0. The van der Waals surface area contributed by atoms with Crippen molar-refractivity contribution in [2.45, 2.75) is 6.92 Å². The molecule has 0 spiro atoms. The Morgan fingerprint density at radius 3 is 2.50 bits per heavy atom. The highest BCUT2D eigenvalue weighted by molar-refractivity contribution is 9.10. The summed E-state index contributed by atoms with van der Waals surface area (Å²) >= 11 is 5.04. The Bertz CT molecular complexity index is 974. The lowest BCUT2D eigenvalue weighted by molar-refractivity contribution is 0.785. The molecule has 2 heterocycles. The van der Waals surface area contributed by atoms with Gasteiger partial charge in [0.25, 0.3) is 0 Å². The van der Waals surface area contributed by atoms with Crippen molar-refractivity contribution in [3.63, 3.8) is 0 Å². The van der Waals surface area contributed by atoms with Crippen LogP contribution in [0.5, 0.6) is 0 Å². The molecule has 118 valence electrons. The van der Waals surface area contributed by atoms with Crippen LogP contribution in [0.2, 0.25) is 0 Å². The zero-order chi connectivity index (χ0) is 16.5. The van der Waals surface area contributed by atoms with Crippen molar-refractivity contribution in [1.29, 1.82) is 0 Å². The second kappa shape index (κ2) is 6.30. The van der Waals surface area contributed by atoms with Gasteiger partial charge in [-0.05, 0) is 31.2 Å². The van der Waals surface area contributed by atoms with Gasteiger partial charge in [-0.25, -0.2) is 9.67 Å². The summed E-state index contributed by atoms with van der Waals surface area (Å²) in [5.74, 6) is 0. The Morgan fingerprint density at radius 2 is 1.75 bits per heavy atom. The molecule has 2 aromatic heterocycles. The molecule has 0 saturated heterocycles. The third-order valence-electron chi connectivity index (χ3n) is 3.74. The van der Waals surface area contributed by atoms with Crippen LogP contribution in [0.3, 0.4) is 0 Å². The molecule has 4 rings (SSSR count). The quantitative estimate of drug-likeness (QED) is 0.482. The highest BCUT2D eigenvalue weighted by atomic mass is 79.9. The van der Waals surface area contributed by atoms with Crippen molar-refractivity contribution in [2.24, 2.45) is 0 Å². The molecule has 24 heavy (non-hydrogen) atoms. The summed E-state index contributed by atoms with van der Waals surface area (Å²) in [5, 5.41) is 11.6. The predicted molar refractivity (Wildman–Crippen MR) is 100 cm³/mol. The molecule has 0 saturated carbocycles. The summed E-state index contributed by atoms with van der Waals surface area (Å²) in [6.45, 7) is 2.02. The SMILES string of the molecule is Cc1c(-c2nc(-c3ccc(Br)cc3)cs2)nnn1-c1ccccc1. The van der Waals surface area contributed by atoms with E-state index in [9.17, 15) is 0 Å². The van der Waals surface area contributed by atoms with E-state index in [0.29, 0.717) is 0 Å². The smallest absolute Gasteiger partial charge is 0.146 e. The van der Waals surface area contributed by atoms with Crippen LogP contribution >= 0.6 is 27.3 Å². The first-order valence-electron chi connectivity index (χ1n) is 7.42. The number of para-hydroxylation sites is 1. The molecule has 4 aromatic rings. The Morgan fingerprint density at radius 1 is 1.00 bits per heavy atom. The van der Waals surface area contributed by atoms with Crippen molar-refractivity contribution >= 4 is 27.3 Å². The van der Waals surface area contributed by atoms with Crippen molar-refractivity contribution in [1.82, 2.24) is 20.0 Å². The van der Waals surface area contributed by atoms with E-state index in [1.807, 2.05) is 54.1 Å². The van der Waals surface area contributed by atoms with Gasteiger partial charge in [-0.3, -0.25) is 0 Å². The van der Waals surface area contributed by atoms with Crippen LogP contribution in [0, 0.1) is 6.92 Å². The molecule has 0 N–H and O–H groups in total. The molecule has 0 fully saturated rings. The maximum Gasteiger partial charge on any atom is 0.146 e. The number of nitrogens with zero attached hydrogens (tertiary/aromatic N) is 4. The van der Waals surface area contributed by atoms with Crippen LogP contribution in [0.4, 0.5) is 0 Å². The molecule has 0 aliphatic carbocycles. The summed E-state index contributed by atoms with van der Waals surface area (Å²) in [6, 6.07) is 18.1. The third-order valence-corrected chi connectivity index (χ3v) is 5.12. The fourth-order valence-electron chi connectivity index (χ4n) is 2.48. The average Bonchev–Trinajstić information content (AvgIpc) is 3.23. The van der Waals surface area contributed by atoms with Crippen LogP contribution in [-0.4, -0.2) is 20.0 Å². The maximum absolute atomic E-state index is 4.74. The molecular weight excluding hydrogens is 384 g/mol. The first-order chi connectivity index (χ1) is 11.7. The van der Waals surface area contributed by atoms with Gasteiger partial charge in [0.2, 0.25) is 0 Å². The van der Waals surface area contributed by atoms with Crippen molar-refractivity contribution in [3.8, 4) is 27.6 Å². The minimum atomic E-state index is 0.826. The minimum Gasteiger partial charge on any atom is -0.234 e. The highest BCUT2D eigenvalue weighted by Gasteiger charge is 2.15. The van der Waals surface area contributed by atoms with E-state index in [4.69, 9.17) is 4.98 Å². The molecule has 0 unspecified atom stereocenters. The monoisotopic (exact) mass is 396 g/mol. The van der Waals surface area contributed by atoms with E-state index in [2.05, 4.69) is 43.8 Å². The van der Waals surface area contributed by atoms with Gasteiger partial charge in [-0.1, -0.05) is 51.5 Å². The van der Waals surface area contributed by atoms with E-state index < -0.39 is 0 Å². The lowest BCUT2D eigenvalue weighted by Gasteiger charge is -2.02. The average molecular weight is 397 g/mol. The summed E-state index contributed by atoms with van der Waals surface area (Å²) in [7, 11) is 0. The highest BCUT2D eigenvalue weighted by Crippen LogP contribution is 2.30. The number of aromatic nitrogens is 4. The van der Waals surface area contributed by atoms with Gasteiger partial charge in [-0.2, -0.15) is 0 Å². The molecule has 2 aromatic carbocycles. The van der Waals surface area contributed by atoms with Gasteiger partial charge in [0.15, 0.2) is 0 Å². The summed E-state index contributed by atoms with van der Waals surface area (Å²) < 4.78 is 2.90. The van der Waals surface area contributed by atoms with Gasteiger partial charge in [0, 0.05) is 15.4 Å². The van der Waals surface area contributed by atoms with Crippen molar-refractivity contribution < 1.29 is 0 Å². The normalized spacial score (nSPS) is 10.9. The Kier molecular flexibility index (Phi) is 4.00. The molecule has 0 aliphatic heterocycles. The van der Waals surface area contributed by atoms with E-state index in [1.165, 1.54) is 0 Å².